The van der Waals surface area contributed by atoms with Crippen LogP contribution in [0.15, 0.2) is 24.3 Å². The van der Waals surface area contributed by atoms with Crippen molar-refractivity contribution in [3.05, 3.63) is 29.8 Å². The van der Waals surface area contributed by atoms with Crippen molar-refractivity contribution >= 4 is 11.8 Å². The van der Waals surface area contributed by atoms with Crippen LogP contribution in [0.1, 0.15) is 23.7 Å². The largest absolute Gasteiger partial charge is 0.508 e. The van der Waals surface area contributed by atoms with E-state index in [1.165, 1.54) is 12.1 Å². The van der Waals surface area contributed by atoms with E-state index in [2.05, 4.69) is 0 Å². The number of benzene rings is 1. The zero-order valence-electron chi connectivity index (χ0n) is 11.0. The molecule has 1 heterocycles. The molecule has 5 nitrogen and oxygen atoms in total. The molecule has 1 N–H and O–H groups in total. The first kappa shape index (κ1) is 13.4. The SMILES string of the molecule is CC(=O)N1CCCN(C(=O)c2cccc(O)c2)CC1. The molecule has 1 saturated heterocycles. The molecule has 1 aromatic carbocycles. The number of hydrogen-bond acceptors (Lipinski definition) is 3. The molecule has 19 heavy (non-hydrogen) atoms. The number of nitrogens with zero attached hydrogens (tertiary/aromatic N) is 2. The van der Waals surface area contributed by atoms with Gasteiger partial charge >= 0.3 is 0 Å². The minimum atomic E-state index is -0.0960. The van der Waals surface area contributed by atoms with Gasteiger partial charge in [0, 0.05) is 38.7 Å². The van der Waals surface area contributed by atoms with Crippen molar-refractivity contribution in [2.24, 2.45) is 0 Å². The standard InChI is InChI=1S/C14H18N2O3/c1-11(17)15-6-3-7-16(9-8-15)14(19)12-4-2-5-13(18)10-12/h2,4-5,10,18H,3,6-9H2,1H3. The topological polar surface area (TPSA) is 60.9 Å². The van der Waals surface area contributed by atoms with Crippen LogP contribution in [0.25, 0.3) is 0 Å². The number of rotatable bonds is 1. The summed E-state index contributed by atoms with van der Waals surface area (Å²) in [4.78, 5) is 27.1. The molecule has 0 atom stereocenters. The van der Waals surface area contributed by atoms with E-state index >= 15 is 0 Å². The number of aromatic hydroxyl groups is 1. The van der Waals surface area contributed by atoms with Crippen molar-refractivity contribution in [2.45, 2.75) is 13.3 Å². The van der Waals surface area contributed by atoms with E-state index < -0.39 is 0 Å². The highest BCUT2D eigenvalue weighted by molar-refractivity contribution is 5.94. The molecule has 5 heteroatoms. The summed E-state index contributed by atoms with van der Waals surface area (Å²) in [6, 6.07) is 6.35. The van der Waals surface area contributed by atoms with Gasteiger partial charge in [0.1, 0.15) is 5.75 Å². The lowest BCUT2D eigenvalue weighted by atomic mass is 10.2. The summed E-state index contributed by atoms with van der Waals surface area (Å²) in [6.07, 6.45) is 0.782. The Bertz CT molecular complexity index is 487. The Kier molecular flexibility index (Phi) is 4.04. The first-order valence-corrected chi connectivity index (χ1v) is 6.42. The van der Waals surface area contributed by atoms with Crippen LogP contribution in [0.5, 0.6) is 5.75 Å². The van der Waals surface area contributed by atoms with Crippen molar-refractivity contribution in [3.63, 3.8) is 0 Å². The first-order chi connectivity index (χ1) is 9.08. The highest BCUT2D eigenvalue weighted by Gasteiger charge is 2.21. The Labute approximate surface area is 112 Å². The molecule has 0 unspecified atom stereocenters. The van der Waals surface area contributed by atoms with Gasteiger partial charge in [0.05, 0.1) is 0 Å². The van der Waals surface area contributed by atoms with Crippen LogP contribution in [0, 0.1) is 0 Å². The van der Waals surface area contributed by atoms with Gasteiger partial charge in [-0.05, 0) is 24.6 Å². The summed E-state index contributed by atoms with van der Waals surface area (Å²) >= 11 is 0. The van der Waals surface area contributed by atoms with Gasteiger partial charge in [-0.25, -0.2) is 0 Å². The summed E-state index contributed by atoms with van der Waals surface area (Å²) in [5.41, 5.74) is 0.483. The van der Waals surface area contributed by atoms with Gasteiger partial charge < -0.3 is 14.9 Å². The average Bonchev–Trinajstić information content (AvgIpc) is 2.63. The zero-order valence-corrected chi connectivity index (χ0v) is 11.0. The molecule has 0 radical (unpaired) electrons. The van der Waals surface area contributed by atoms with Gasteiger partial charge in [0.15, 0.2) is 0 Å². The summed E-state index contributed by atoms with van der Waals surface area (Å²) < 4.78 is 0. The molecule has 1 aromatic rings. The van der Waals surface area contributed by atoms with Gasteiger partial charge in [-0.1, -0.05) is 6.07 Å². The van der Waals surface area contributed by atoms with Gasteiger partial charge in [-0.3, -0.25) is 9.59 Å². The molecule has 0 bridgehead atoms. The zero-order chi connectivity index (χ0) is 13.8. The Morgan fingerprint density at radius 1 is 1.11 bits per heavy atom. The fourth-order valence-electron chi connectivity index (χ4n) is 2.26. The number of carbonyl (C=O) groups is 2. The minimum absolute atomic E-state index is 0.0478. The molecule has 1 aliphatic rings. The van der Waals surface area contributed by atoms with Crippen LogP contribution in [-0.2, 0) is 4.79 Å². The number of phenolic OH excluding ortho intramolecular Hbond substituents is 1. The van der Waals surface area contributed by atoms with Crippen LogP contribution in [0.3, 0.4) is 0 Å². The molecular formula is C14H18N2O3. The van der Waals surface area contributed by atoms with Crippen LogP contribution in [0.4, 0.5) is 0 Å². The van der Waals surface area contributed by atoms with Gasteiger partial charge in [-0.2, -0.15) is 0 Å². The third kappa shape index (κ3) is 3.24. The molecular weight excluding hydrogens is 244 g/mol. The predicted octanol–water partition coefficient (Wildman–Crippen LogP) is 1.09. The maximum atomic E-state index is 12.3. The van der Waals surface area contributed by atoms with E-state index in [1.54, 1.807) is 28.9 Å². The van der Waals surface area contributed by atoms with Gasteiger partial charge in [0.2, 0.25) is 5.91 Å². The van der Waals surface area contributed by atoms with Crippen molar-refractivity contribution in [3.8, 4) is 5.75 Å². The van der Waals surface area contributed by atoms with Crippen molar-refractivity contribution in [1.29, 1.82) is 0 Å². The molecule has 1 aliphatic heterocycles. The predicted molar refractivity (Wildman–Crippen MR) is 70.9 cm³/mol. The lowest BCUT2D eigenvalue weighted by Gasteiger charge is -2.21. The molecule has 0 saturated carbocycles. The van der Waals surface area contributed by atoms with E-state index in [1.807, 2.05) is 0 Å². The Hall–Kier alpha value is -2.04. The molecule has 0 aliphatic carbocycles. The molecule has 0 spiro atoms. The van der Waals surface area contributed by atoms with Crippen molar-refractivity contribution in [2.75, 3.05) is 26.2 Å². The highest BCUT2D eigenvalue weighted by Crippen LogP contribution is 2.14. The summed E-state index contributed by atoms with van der Waals surface area (Å²) in [7, 11) is 0. The summed E-state index contributed by atoms with van der Waals surface area (Å²) in [5, 5.41) is 9.41. The third-order valence-electron chi connectivity index (χ3n) is 3.32. The maximum Gasteiger partial charge on any atom is 0.254 e. The van der Waals surface area contributed by atoms with E-state index in [4.69, 9.17) is 0 Å². The van der Waals surface area contributed by atoms with Crippen LogP contribution in [-0.4, -0.2) is 52.9 Å². The molecule has 2 amide bonds. The number of amides is 2. The fraction of sp³-hybridized carbons (Fsp3) is 0.429. The second-order valence-corrected chi connectivity index (χ2v) is 4.70. The van der Waals surface area contributed by atoms with Gasteiger partial charge in [-0.15, -0.1) is 0 Å². The smallest absolute Gasteiger partial charge is 0.254 e. The van der Waals surface area contributed by atoms with Gasteiger partial charge in [0.25, 0.3) is 5.91 Å². The lowest BCUT2D eigenvalue weighted by molar-refractivity contribution is -0.128. The monoisotopic (exact) mass is 262 g/mol. The number of hydrogen-bond donors (Lipinski definition) is 1. The van der Waals surface area contributed by atoms with E-state index in [-0.39, 0.29) is 17.6 Å². The third-order valence-corrected chi connectivity index (χ3v) is 3.32. The second kappa shape index (κ2) is 5.73. The summed E-state index contributed by atoms with van der Waals surface area (Å²) in [5.74, 6) is 0.0407. The molecule has 1 fully saturated rings. The fourth-order valence-corrected chi connectivity index (χ4v) is 2.26. The van der Waals surface area contributed by atoms with Crippen LogP contribution >= 0.6 is 0 Å². The van der Waals surface area contributed by atoms with Crippen molar-refractivity contribution < 1.29 is 14.7 Å². The second-order valence-electron chi connectivity index (χ2n) is 4.70. The number of phenols is 1. The van der Waals surface area contributed by atoms with Crippen molar-refractivity contribution in [1.82, 2.24) is 9.80 Å². The van der Waals surface area contributed by atoms with E-state index in [0.29, 0.717) is 31.7 Å². The van der Waals surface area contributed by atoms with E-state index in [9.17, 15) is 14.7 Å². The number of carbonyl (C=O) groups excluding carboxylic acids is 2. The molecule has 102 valence electrons. The Morgan fingerprint density at radius 2 is 1.79 bits per heavy atom. The lowest BCUT2D eigenvalue weighted by Crippen LogP contribution is -2.36. The summed E-state index contributed by atoms with van der Waals surface area (Å²) in [6.45, 7) is 3.98. The average molecular weight is 262 g/mol. The van der Waals surface area contributed by atoms with Crippen LogP contribution < -0.4 is 0 Å². The Morgan fingerprint density at radius 3 is 2.47 bits per heavy atom. The maximum absolute atomic E-state index is 12.3. The molecule has 0 aromatic heterocycles. The van der Waals surface area contributed by atoms with Crippen LogP contribution in [0.2, 0.25) is 0 Å². The molecule has 2 rings (SSSR count). The quantitative estimate of drug-likeness (QED) is 0.824. The van der Waals surface area contributed by atoms with E-state index in [0.717, 1.165) is 6.42 Å². The normalized spacial score (nSPS) is 16.1. The first-order valence-electron chi connectivity index (χ1n) is 6.42. The Balaban J connectivity index is 2.06. The highest BCUT2D eigenvalue weighted by atomic mass is 16.3. The minimum Gasteiger partial charge on any atom is -0.508 e.